The van der Waals surface area contributed by atoms with E-state index in [4.69, 9.17) is 9.47 Å². The normalized spacial score (nSPS) is 18.8. The van der Waals surface area contributed by atoms with E-state index in [1.165, 1.54) is 7.11 Å². The number of para-hydroxylation sites is 1. The molecule has 0 saturated carbocycles. The Morgan fingerprint density at radius 1 is 1.37 bits per heavy atom. The molecule has 1 unspecified atom stereocenters. The second kappa shape index (κ2) is 7.57. The van der Waals surface area contributed by atoms with Crippen LogP contribution >= 0.6 is 0 Å². The maximum atomic E-state index is 12.6. The lowest BCUT2D eigenvalue weighted by atomic mass is 9.93. The minimum Gasteiger partial charge on any atom is -0.480 e. The van der Waals surface area contributed by atoms with E-state index in [1.54, 1.807) is 12.1 Å². The Bertz CT molecular complexity index is 924. The van der Waals surface area contributed by atoms with Crippen molar-refractivity contribution in [2.24, 2.45) is 0 Å². The molecule has 27 heavy (non-hydrogen) atoms. The van der Waals surface area contributed by atoms with E-state index in [1.807, 2.05) is 24.3 Å². The minimum atomic E-state index is -1.15. The predicted octanol–water partition coefficient (Wildman–Crippen LogP) is 2.19. The van der Waals surface area contributed by atoms with Gasteiger partial charge < -0.3 is 14.8 Å². The van der Waals surface area contributed by atoms with Gasteiger partial charge in [-0.15, -0.1) is 6.58 Å². The summed E-state index contributed by atoms with van der Waals surface area (Å²) in [5.41, 5.74) is -0.219. The number of aromatic nitrogens is 1. The molecule has 0 bridgehead atoms. The zero-order valence-electron chi connectivity index (χ0n) is 15.0. The maximum Gasteiger partial charge on any atom is 0.332 e. The van der Waals surface area contributed by atoms with Crippen molar-refractivity contribution in [1.29, 1.82) is 0 Å². The van der Waals surface area contributed by atoms with Gasteiger partial charge in [-0.25, -0.2) is 9.78 Å². The van der Waals surface area contributed by atoms with Crippen molar-refractivity contribution < 1.29 is 23.9 Å². The molecular formula is C20H20N2O5. The number of amides is 1. The van der Waals surface area contributed by atoms with E-state index in [2.05, 4.69) is 16.9 Å². The molecule has 7 nitrogen and oxygen atoms in total. The summed E-state index contributed by atoms with van der Waals surface area (Å²) in [5, 5.41) is 3.42. The second-order valence-corrected chi connectivity index (χ2v) is 6.36. The van der Waals surface area contributed by atoms with Gasteiger partial charge in [0.1, 0.15) is 5.54 Å². The molecule has 1 aliphatic heterocycles. The number of pyridine rings is 1. The molecule has 1 aromatic carbocycles. The molecule has 0 spiro atoms. The topological polar surface area (TPSA) is 94.6 Å². The Kier molecular flexibility index (Phi) is 5.21. The van der Waals surface area contributed by atoms with E-state index >= 15 is 0 Å². The van der Waals surface area contributed by atoms with Gasteiger partial charge in [-0.3, -0.25) is 9.59 Å². The molecule has 1 fully saturated rings. The Morgan fingerprint density at radius 2 is 2.15 bits per heavy atom. The first-order valence-electron chi connectivity index (χ1n) is 8.55. The summed E-state index contributed by atoms with van der Waals surface area (Å²) in [6.45, 7) is 3.15. The average Bonchev–Trinajstić information content (AvgIpc) is 3.06. The Morgan fingerprint density at radius 3 is 2.81 bits per heavy atom. The van der Waals surface area contributed by atoms with Gasteiger partial charge in [0.25, 0.3) is 0 Å². The number of hydrogen-bond acceptors (Lipinski definition) is 6. The molecule has 0 aliphatic carbocycles. The highest BCUT2D eigenvalue weighted by atomic mass is 16.5. The summed E-state index contributed by atoms with van der Waals surface area (Å²) in [7, 11) is 1.42. The number of ether oxygens (including phenoxy) is 2. The zero-order valence-corrected chi connectivity index (χ0v) is 15.0. The summed E-state index contributed by atoms with van der Waals surface area (Å²) in [6, 6.07) is 8.99. The van der Waals surface area contributed by atoms with Crippen LogP contribution in [0.15, 0.2) is 43.0 Å². The molecule has 7 heteroatoms. The van der Waals surface area contributed by atoms with Crippen LogP contribution in [-0.2, 0) is 14.3 Å². The van der Waals surface area contributed by atoms with Crippen LogP contribution in [0.4, 0.5) is 0 Å². The molecule has 1 aromatic heterocycles. The number of benzene rings is 1. The van der Waals surface area contributed by atoms with E-state index in [9.17, 15) is 14.4 Å². The fourth-order valence-electron chi connectivity index (χ4n) is 3.16. The standard InChI is InChI=1S/C20H20N2O5/c1-3-9-20(10-8-17(24)22-20)19(25)27-12-16(23)14-11-13-6-4-5-7-15(13)21-18(14)26-2/h3-7,11H,1,8-10,12H2,2H3,(H,22,24). The fraction of sp³-hybridized carbons (Fsp3) is 0.300. The average molecular weight is 368 g/mol. The molecule has 1 saturated heterocycles. The summed E-state index contributed by atoms with van der Waals surface area (Å²) in [5.74, 6) is -1.13. The number of nitrogens with one attached hydrogen (secondary N) is 1. The van der Waals surface area contributed by atoms with Crippen molar-refractivity contribution >= 4 is 28.6 Å². The minimum absolute atomic E-state index is 0.171. The smallest absolute Gasteiger partial charge is 0.332 e. The highest BCUT2D eigenvalue weighted by Crippen LogP contribution is 2.27. The third kappa shape index (κ3) is 3.67. The molecule has 3 rings (SSSR count). The van der Waals surface area contributed by atoms with Crippen LogP contribution < -0.4 is 10.1 Å². The first-order chi connectivity index (χ1) is 13.0. The number of ketones is 1. The van der Waals surface area contributed by atoms with Crippen molar-refractivity contribution in [2.75, 3.05) is 13.7 Å². The molecular weight excluding hydrogens is 348 g/mol. The molecule has 0 radical (unpaired) electrons. The van der Waals surface area contributed by atoms with Gasteiger partial charge in [-0.1, -0.05) is 24.3 Å². The Balaban J connectivity index is 1.77. The SMILES string of the molecule is C=CCC1(C(=O)OCC(=O)c2cc3ccccc3nc2OC)CCC(=O)N1. The van der Waals surface area contributed by atoms with Crippen molar-refractivity contribution in [1.82, 2.24) is 10.3 Å². The van der Waals surface area contributed by atoms with Crippen LogP contribution in [0, 0.1) is 0 Å². The third-order valence-electron chi connectivity index (χ3n) is 4.56. The highest BCUT2D eigenvalue weighted by molar-refractivity contribution is 6.03. The summed E-state index contributed by atoms with van der Waals surface area (Å²) < 4.78 is 10.4. The number of hydrogen-bond donors (Lipinski definition) is 1. The number of carbonyl (C=O) groups excluding carboxylic acids is 3. The van der Waals surface area contributed by atoms with Gasteiger partial charge in [0.2, 0.25) is 17.6 Å². The van der Waals surface area contributed by atoms with Gasteiger partial charge >= 0.3 is 5.97 Å². The quantitative estimate of drug-likeness (QED) is 0.457. The number of rotatable bonds is 7. The zero-order chi connectivity index (χ0) is 19.4. The van der Waals surface area contributed by atoms with Gasteiger partial charge in [-0.2, -0.15) is 0 Å². The van der Waals surface area contributed by atoms with Gasteiger partial charge in [-0.05, 0) is 25.0 Å². The molecule has 1 N–H and O–H groups in total. The fourth-order valence-corrected chi connectivity index (χ4v) is 3.16. The molecule has 1 aliphatic rings. The van der Waals surface area contributed by atoms with Crippen molar-refractivity contribution in [3.63, 3.8) is 0 Å². The lowest BCUT2D eigenvalue weighted by Gasteiger charge is -2.25. The largest absolute Gasteiger partial charge is 0.480 e. The number of nitrogens with zero attached hydrogens (tertiary/aromatic N) is 1. The molecule has 140 valence electrons. The van der Waals surface area contributed by atoms with Crippen molar-refractivity contribution in [3.05, 3.63) is 48.6 Å². The van der Waals surface area contributed by atoms with Crippen LogP contribution in [-0.4, -0.2) is 41.9 Å². The van der Waals surface area contributed by atoms with E-state index < -0.39 is 23.9 Å². The number of Topliss-reactive ketones (excluding diaryl/α,β-unsaturated/α-hetero) is 1. The van der Waals surface area contributed by atoms with E-state index in [0.29, 0.717) is 11.9 Å². The molecule has 2 aromatic rings. The van der Waals surface area contributed by atoms with Gasteiger partial charge in [0.15, 0.2) is 6.61 Å². The lowest BCUT2D eigenvalue weighted by molar-refractivity contribution is -0.150. The van der Waals surface area contributed by atoms with Crippen LogP contribution in [0.3, 0.4) is 0 Å². The Hall–Kier alpha value is -3.22. The maximum absolute atomic E-state index is 12.6. The van der Waals surface area contributed by atoms with Crippen LogP contribution in [0.25, 0.3) is 10.9 Å². The highest BCUT2D eigenvalue weighted by Gasteiger charge is 2.45. The third-order valence-corrected chi connectivity index (χ3v) is 4.56. The molecule has 1 atom stereocenters. The number of carbonyl (C=O) groups is 3. The summed E-state index contributed by atoms with van der Waals surface area (Å²) in [6.07, 6.45) is 2.34. The molecule has 2 heterocycles. The first kappa shape index (κ1) is 18.6. The van der Waals surface area contributed by atoms with Gasteiger partial charge in [0.05, 0.1) is 18.2 Å². The van der Waals surface area contributed by atoms with Crippen LogP contribution in [0.2, 0.25) is 0 Å². The first-order valence-corrected chi connectivity index (χ1v) is 8.55. The van der Waals surface area contributed by atoms with Crippen molar-refractivity contribution in [2.45, 2.75) is 24.8 Å². The monoisotopic (exact) mass is 368 g/mol. The van der Waals surface area contributed by atoms with E-state index in [0.717, 1.165) is 5.39 Å². The lowest BCUT2D eigenvalue weighted by Crippen LogP contribution is -2.49. The molecule has 1 amide bonds. The summed E-state index contributed by atoms with van der Waals surface area (Å²) >= 11 is 0. The Labute approximate surface area is 156 Å². The number of methoxy groups -OCH3 is 1. The van der Waals surface area contributed by atoms with Crippen molar-refractivity contribution in [3.8, 4) is 5.88 Å². The predicted molar refractivity (Wildman–Crippen MR) is 98.5 cm³/mol. The van der Waals surface area contributed by atoms with Crippen LogP contribution in [0.1, 0.15) is 29.6 Å². The van der Waals surface area contributed by atoms with E-state index in [-0.39, 0.29) is 30.2 Å². The van der Waals surface area contributed by atoms with Gasteiger partial charge in [0, 0.05) is 11.8 Å². The summed E-state index contributed by atoms with van der Waals surface area (Å²) in [4.78, 5) is 41.0. The number of esters is 1. The number of fused-ring (bicyclic) bond motifs is 1. The second-order valence-electron chi connectivity index (χ2n) is 6.36. The van der Waals surface area contributed by atoms with Crippen LogP contribution in [0.5, 0.6) is 5.88 Å².